The number of ether oxygens (including phenoxy) is 1. The van der Waals surface area contributed by atoms with Crippen molar-refractivity contribution in [3.63, 3.8) is 0 Å². The molecule has 0 aliphatic carbocycles. The molecule has 292 valence electrons. The maximum atomic E-state index is 14.6. The summed E-state index contributed by atoms with van der Waals surface area (Å²) in [6.07, 6.45) is 8.40. The summed E-state index contributed by atoms with van der Waals surface area (Å²) >= 11 is 0. The lowest BCUT2D eigenvalue weighted by Gasteiger charge is -2.46. The third kappa shape index (κ3) is 8.28. The molecule has 11 heteroatoms. The highest BCUT2D eigenvalue weighted by molar-refractivity contribution is 6.01. The highest BCUT2D eigenvalue weighted by Gasteiger charge is 2.46. The van der Waals surface area contributed by atoms with Crippen molar-refractivity contribution in [2.45, 2.75) is 62.7 Å². The van der Waals surface area contributed by atoms with Crippen LogP contribution < -0.4 is 15.0 Å². The van der Waals surface area contributed by atoms with E-state index < -0.39 is 5.41 Å². The summed E-state index contributed by atoms with van der Waals surface area (Å²) in [7, 11) is 0. The van der Waals surface area contributed by atoms with Crippen LogP contribution in [0.2, 0.25) is 0 Å². The van der Waals surface area contributed by atoms with E-state index in [1.807, 2.05) is 60.7 Å². The zero-order chi connectivity index (χ0) is 38.5. The number of nitrogens with zero attached hydrogens (tertiary/aromatic N) is 5. The van der Waals surface area contributed by atoms with Gasteiger partial charge in [-0.25, -0.2) is 0 Å². The van der Waals surface area contributed by atoms with Gasteiger partial charge in [0.15, 0.2) is 0 Å². The van der Waals surface area contributed by atoms with Crippen molar-refractivity contribution in [3.8, 4) is 22.8 Å². The summed E-state index contributed by atoms with van der Waals surface area (Å²) in [5.74, 6) is 1.65. The first kappa shape index (κ1) is 37.6. The van der Waals surface area contributed by atoms with E-state index in [0.29, 0.717) is 42.5 Å². The van der Waals surface area contributed by atoms with Gasteiger partial charge in [-0.3, -0.25) is 19.7 Å². The highest BCUT2D eigenvalue weighted by atomic mass is 16.5. The summed E-state index contributed by atoms with van der Waals surface area (Å²) in [5, 5.41) is 21.4. The molecule has 0 unspecified atom stereocenters. The SMILES string of the molecule is O=C1CC[C@@H](c2ccc(OCC3CCN(CC4CCN(C(=O)C5(c6ccccc6)CCN(c6cnnc(-c7ccccc7O)c6)CC5)CC4)CC3)cc2)C(=O)N1. The first-order chi connectivity index (χ1) is 27.3. The van der Waals surface area contributed by atoms with Gasteiger partial charge in [-0.2, -0.15) is 10.2 Å². The number of carbonyl (C=O) groups excluding carboxylic acids is 3. The lowest BCUT2D eigenvalue weighted by molar-refractivity contribution is -0.140. The minimum absolute atomic E-state index is 0.177. The number of para-hydroxylation sites is 1. The lowest BCUT2D eigenvalue weighted by Crippen LogP contribution is -2.55. The molecule has 11 nitrogen and oxygen atoms in total. The minimum Gasteiger partial charge on any atom is -0.507 e. The monoisotopic (exact) mass is 756 g/mol. The van der Waals surface area contributed by atoms with Crippen molar-refractivity contribution in [2.24, 2.45) is 11.8 Å². The van der Waals surface area contributed by atoms with E-state index in [1.54, 1.807) is 18.3 Å². The number of likely N-dealkylation sites (tertiary alicyclic amines) is 2. The fourth-order valence-corrected chi connectivity index (χ4v) is 9.23. The molecule has 56 heavy (non-hydrogen) atoms. The van der Waals surface area contributed by atoms with E-state index in [0.717, 1.165) is 107 Å². The van der Waals surface area contributed by atoms with Crippen molar-refractivity contribution in [3.05, 3.63) is 102 Å². The van der Waals surface area contributed by atoms with Crippen LogP contribution in [-0.4, -0.2) is 95.2 Å². The highest BCUT2D eigenvalue weighted by Crippen LogP contribution is 2.40. The summed E-state index contributed by atoms with van der Waals surface area (Å²) in [4.78, 5) is 45.4. The molecule has 4 aliphatic rings. The normalized spacial score (nSPS) is 21.1. The number of rotatable bonds is 10. The van der Waals surface area contributed by atoms with Crippen LogP contribution in [0.1, 0.15) is 68.4 Å². The number of benzene rings is 3. The number of amides is 3. The second kappa shape index (κ2) is 16.8. The first-order valence-corrected chi connectivity index (χ1v) is 20.3. The molecular formula is C45H52N6O5. The molecule has 4 aromatic rings. The third-order valence-electron chi connectivity index (χ3n) is 12.7. The van der Waals surface area contributed by atoms with E-state index in [9.17, 15) is 19.5 Å². The lowest BCUT2D eigenvalue weighted by atomic mass is 9.71. The molecule has 0 bridgehead atoms. The van der Waals surface area contributed by atoms with Gasteiger partial charge in [-0.05, 0) is 111 Å². The number of imide groups is 1. The second-order valence-corrected chi connectivity index (χ2v) is 16.1. The summed E-state index contributed by atoms with van der Waals surface area (Å²) in [6.45, 7) is 6.94. The van der Waals surface area contributed by atoms with Crippen LogP contribution in [0.5, 0.6) is 11.5 Å². The molecule has 0 saturated carbocycles. The quantitative estimate of drug-likeness (QED) is 0.189. The average molecular weight is 757 g/mol. The van der Waals surface area contributed by atoms with E-state index in [-0.39, 0.29) is 29.4 Å². The van der Waals surface area contributed by atoms with Gasteiger partial charge < -0.3 is 24.5 Å². The Hall–Kier alpha value is -5.29. The Balaban J connectivity index is 0.808. The van der Waals surface area contributed by atoms with Gasteiger partial charge in [0, 0.05) is 44.7 Å². The predicted molar refractivity (Wildman–Crippen MR) is 214 cm³/mol. The Morgan fingerprint density at radius 3 is 2.23 bits per heavy atom. The van der Waals surface area contributed by atoms with Gasteiger partial charge in [0.2, 0.25) is 17.7 Å². The van der Waals surface area contributed by atoms with E-state index in [4.69, 9.17) is 4.74 Å². The fourth-order valence-electron chi connectivity index (χ4n) is 9.23. The molecule has 2 N–H and O–H groups in total. The molecular weight excluding hydrogens is 705 g/mol. The van der Waals surface area contributed by atoms with Gasteiger partial charge in [0.25, 0.3) is 0 Å². The smallest absolute Gasteiger partial charge is 0.234 e. The summed E-state index contributed by atoms with van der Waals surface area (Å²) in [5.41, 5.74) is 3.69. The van der Waals surface area contributed by atoms with Gasteiger partial charge >= 0.3 is 0 Å². The molecule has 3 aromatic carbocycles. The van der Waals surface area contributed by atoms with Crippen LogP contribution in [0.4, 0.5) is 5.69 Å². The van der Waals surface area contributed by atoms with Gasteiger partial charge in [-0.1, -0.05) is 54.6 Å². The molecule has 3 amide bonds. The van der Waals surface area contributed by atoms with E-state index in [1.165, 1.54) is 0 Å². The zero-order valence-corrected chi connectivity index (χ0v) is 32.0. The van der Waals surface area contributed by atoms with Crippen LogP contribution in [0.25, 0.3) is 11.3 Å². The molecule has 4 saturated heterocycles. The molecule has 8 rings (SSSR count). The Morgan fingerprint density at radius 2 is 1.52 bits per heavy atom. The number of aromatic nitrogens is 2. The van der Waals surface area contributed by atoms with Crippen molar-refractivity contribution in [1.29, 1.82) is 0 Å². The maximum Gasteiger partial charge on any atom is 0.234 e. The zero-order valence-electron chi connectivity index (χ0n) is 32.0. The second-order valence-electron chi connectivity index (χ2n) is 16.1. The van der Waals surface area contributed by atoms with Gasteiger partial charge in [0.1, 0.15) is 11.5 Å². The average Bonchev–Trinajstić information content (AvgIpc) is 3.24. The molecule has 0 spiro atoms. The Bertz CT molecular complexity index is 1980. The summed E-state index contributed by atoms with van der Waals surface area (Å²) < 4.78 is 6.17. The fraction of sp³-hybridized carbons (Fsp3) is 0.444. The number of anilines is 1. The standard InChI is InChI=1S/C45H52N6O5/c52-41-9-5-4-8-39(41)40-28-36(29-46-48-40)50-26-20-45(21-27-50,35-6-2-1-3-7-35)44(55)51-24-18-32(19-25-51)30-49-22-16-33(17-23-49)31-56-37-12-10-34(11-13-37)38-14-15-42(53)47-43(38)54/h1-13,28-29,32-33,38,52H,14-27,30-31H2,(H,47,53,54)/t38-/m0/s1. The Labute approximate surface area is 329 Å². The largest absolute Gasteiger partial charge is 0.507 e. The summed E-state index contributed by atoms with van der Waals surface area (Å²) in [6, 6.07) is 27.3. The van der Waals surface area contributed by atoms with Gasteiger partial charge in [-0.15, -0.1) is 0 Å². The number of aromatic hydroxyl groups is 1. The number of carbonyl (C=O) groups is 3. The van der Waals surface area contributed by atoms with E-state index in [2.05, 4.69) is 42.3 Å². The molecule has 1 aromatic heterocycles. The predicted octanol–water partition coefficient (Wildman–Crippen LogP) is 5.94. The van der Waals surface area contributed by atoms with Crippen molar-refractivity contribution in [2.75, 3.05) is 57.3 Å². The third-order valence-corrected chi connectivity index (χ3v) is 12.7. The van der Waals surface area contributed by atoms with Crippen LogP contribution in [0.15, 0.2) is 91.1 Å². The van der Waals surface area contributed by atoms with Crippen molar-refractivity contribution >= 4 is 23.4 Å². The van der Waals surface area contributed by atoms with E-state index >= 15 is 0 Å². The van der Waals surface area contributed by atoms with Crippen molar-refractivity contribution in [1.82, 2.24) is 25.3 Å². The topological polar surface area (TPSA) is 128 Å². The number of nitrogens with one attached hydrogen (secondary N) is 1. The number of phenols is 1. The maximum absolute atomic E-state index is 14.6. The molecule has 0 radical (unpaired) electrons. The number of piperidine rings is 4. The minimum atomic E-state index is -0.564. The number of hydrogen-bond donors (Lipinski definition) is 2. The van der Waals surface area contributed by atoms with Crippen LogP contribution in [0.3, 0.4) is 0 Å². The Morgan fingerprint density at radius 1 is 0.821 bits per heavy atom. The molecule has 4 aliphatic heterocycles. The number of hydrogen-bond acceptors (Lipinski definition) is 9. The molecule has 1 atom stereocenters. The van der Waals surface area contributed by atoms with Crippen LogP contribution >= 0.6 is 0 Å². The Kier molecular flexibility index (Phi) is 11.3. The first-order valence-electron chi connectivity index (χ1n) is 20.3. The van der Waals surface area contributed by atoms with Crippen molar-refractivity contribution < 1.29 is 24.2 Å². The molecule has 4 fully saturated rings. The van der Waals surface area contributed by atoms with Gasteiger partial charge in [0.05, 0.1) is 35.5 Å². The molecule has 5 heterocycles. The van der Waals surface area contributed by atoms with Crippen LogP contribution in [-0.2, 0) is 19.8 Å². The van der Waals surface area contributed by atoms with Crippen LogP contribution in [0, 0.1) is 11.8 Å². The number of phenolic OH excluding ortho intramolecular Hbond substituents is 1.